The number of nitrogens with zero attached hydrogens (tertiary/aromatic N) is 5. The molecule has 1 aromatic heterocycles. The highest BCUT2D eigenvalue weighted by Gasteiger charge is 2.26. The number of allylic oxidation sites excluding steroid dienone is 1. The number of hydrogen-bond donors (Lipinski definition) is 1. The van der Waals surface area contributed by atoms with Crippen LogP contribution in [0.25, 0.3) is 10.9 Å². The predicted octanol–water partition coefficient (Wildman–Crippen LogP) is 4.63. The van der Waals surface area contributed by atoms with Crippen LogP contribution in [0.5, 0.6) is 5.75 Å². The molecule has 2 aliphatic heterocycles. The van der Waals surface area contributed by atoms with Crippen molar-refractivity contribution in [3.63, 3.8) is 0 Å². The molecule has 1 atom stereocenters. The van der Waals surface area contributed by atoms with Gasteiger partial charge in [0, 0.05) is 55.7 Å². The van der Waals surface area contributed by atoms with E-state index in [2.05, 4.69) is 93.8 Å². The van der Waals surface area contributed by atoms with Crippen molar-refractivity contribution in [1.29, 1.82) is 0 Å². The van der Waals surface area contributed by atoms with Crippen LogP contribution in [-0.2, 0) is 6.42 Å². The summed E-state index contributed by atoms with van der Waals surface area (Å²) < 4.78 is 6.23. The minimum absolute atomic E-state index is 0.260. The van der Waals surface area contributed by atoms with Crippen molar-refractivity contribution in [3.8, 4) is 5.75 Å². The molecule has 3 aromatic rings. The van der Waals surface area contributed by atoms with Gasteiger partial charge in [0.2, 0.25) is 0 Å². The number of aliphatic imine (C=N–C) groups is 1. The number of aromatic nitrogens is 1. The quantitative estimate of drug-likeness (QED) is 0.498. The molecule has 0 amide bonds. The highest BCUT2D eigenvalue weighted by molar-refractivity contribution is 5.92. The summed E-state index contributed by atoms with van der Waals surface area (Å²) in [6, 6.07) is 17.5. The summed E-state index contributed by atoms with van der Waals surface area (Å²) in [5.74, 6) is 1.01. The number of rotatable bonds is 6. The summed E-state index contributed by atoms with van der Waals surface area (Å²) in [7, 11) is 1.50. The largest absolute Gasteiger partial charge is 0.489 e. The third-order valence-electron chi connectivity index (χ3n) is 7.13. The van der Waals surface area contributed by atoms with Crippen LogP contribution in [0.2, 0.25) is 0 Å². The second-order valence-electron chi connectivity index (χ2n) is 9.64. The SMILES string of the molecule is C=N/C(C)=C\N1c2cccc(CCN3CCN(c4cccc5nc(C)ccc45)CC3)c2OCC1C.CN. The third kappa shape index (κ3) is 5.95. The number of nitrogens with two attached hydrogens (primary N) is 1. The second kappa shape index (κ2) is 12.2. The first kappa shape index (κ1) is 26.6. The molecule has 1 saturated heterocycles. The summed E-state index contributed by atoms with van der Waals surface area (Å²) in [6.45, 7) is 15.7. The molecule has 1 unspecified atom stereocenters. The number of para-hydroxylation sites is 1. The lowest BCUT2D eigenvalue weighted by Crippen LogP contribution is -2.47. The van der Waals surface area contributed by atoms with E-state index in [0.717, 1.165) is 67.5 Å². The zero-order valence-electron chi connectivity index (χ0n) is 22.7. The van der Waals surface area contributed by atoms with E-state index in [1.54, 1.807) is 0 Å². The van der Waals surface area contributed by atoms with Gasteiger partial charge in [-0.05, 0) is 76.9 Å². The van der Waals surface area contributed by atoms with E-state index in [1.165, 1.54) is 23.7 Å². The van der Waals surface area contributed by atoms with Gasteiger partial charge >= 0.3 is 0 Å². The molecule has 2 aromatic carbocycles. The first-order valence-corrected chi connectivity index (χ1v) is 13.1. The van der Waals surface area contributed by atoms with Crippen molar-refractivity contribution < 1.29 is 4.74 Å². The van der Waals surface area contributed by atoms with E-state index in [4.69, 9.17) is 9.72 Å². The third-order valence-corrected chi connectivity index (χ3v) is 7.13. The number of benzene rings is 2. The Morgan fingerprint density at radius 2 is 1.81 bits per heavy atom. The van der Waals surface area contributed by atoms with Gasteiger partial charge in [0.15, 0.2) is 0 Å². The lowest BCUT2D eigenvalue weighted by molar-refractivity contribution is 0.254. The van der Waals surface area contributed by atoms with Gasteiger partial charge in [-0.2, -0.15) is 0 Å². The maximum Gasteiger partial charge on any atom is 0.146 e. The number of aryl methyl sites for hydroxylation is 1. The summed E-state index contributed by atoms with van der Waals surface area (Å²) in [4.78, 5) is 16.1. The molecule has 2 aliphatic rings. The molecule has 7 nitrogen and oxygen atoms in total. The van der Waals surface area contributed by atoms with Gasteiger partial charge in [0.05, 0.1) is 22.9 Å². The van der Waals surface area contributed by atoms with Gasteiger partial charge in [-0.25, -0.2) is 0 Å². The average molecular weight is 501 g/mol. The number of ether oxygens (including phenoxy) is 1. The highest BCUT2D eigenvalue weighted by Crippen LogP contribution is 2.38. The van der Waals surface area contributed by atoms with E-state index in [9.17, 15) is 0 Å². The number of pyridine rings is 1. The summed E-state index contributed by atoms with van der Waals surface area (Å²) >= 11 is 0. The second-order valence-corrected chi connectivity index (χ2v) is 9.64. The zero-order valence-corrected chi connectivity index (χ0v) is 22.7. The first-order chi connectivity index (χ1) is 18.0. The van der Waals surface area contributed by atoms with Gasteiger partial charge in [0.25, 0.3) is 0 Å². The molecular weight excluding hydrogens is 460 g/mol. The van der Waals surface area contributed by atoms with Gasteiger partial charge in [-0.15, -0.1) is 0 Å². The van der Waals surface area contributed by atoms with E-state index in [-0.39, 0.29) is 6.04 Å². The molecule has 196 valence electrons. The van der Waals surface area contributed by atoms with E-state index < -0.39 is 0 Å². The molecule has 2 N–H and O–H groups in total. The molecule has 0 saturated carbocycles. The summed E-state index contributed by atoms with van der Waals surface area (Å²) in [6.07, 6.45) is 3.05. The van der Waals surface area contributed by atoms with Crippen LogP contribution in [0.15, 0.2) is 65.4 Å². The standard InChI is InChI=1S/C29H35N5O.CH5N/c1-21-11-12-25-26(31-21)8-6-9-27(25)33-17-15-32(16-18-33)14-13-24-7-5-10-28-29(24)35-20-23(3)34(28)19-22(2)30-4;1-2/h5-12,19,23H,4,13-18,20H2,1-3H3;2H2,1H3/b22-19-;. The van der Waals surface area contributed by atoms with Gasteiger partial charge in [-0.3, -0.25) is 14.9 Å². The van der Waals surface area contributed by atoms with Crippen LogP contribution < -0.4 is 20.3 Å². The summed E-state index contributed by atoms with van der Waals surface area (Å²) in [5.41, 5.74) is 11.2. The van der Waals surface area contributed by atoms with Crippen LogP contribution in [0, 0.1) is 6.92 Å². The first-order valence-electron chi connectivity index (χ1n) is 13.1. The minimum atomic E-state index is 0.260. The lowest BCUT2D eigenvalue weighted by Gasteiger charge is -2.37. The Hall–Kier alpha value is -3.42. The molecule has 1 fully saturated rings. The number of hydrogen-bond acceptors (Lipinski definition) is 7. The molecule has 0 bridgehead atoms. The smallest absolute Gasteiger partial charge is 0.146 e. The fraction of sp³-hybridized carbons (Fsp3) is 0.400. The Morgan fingerprint density at radius 3 is 2.57 bits per heavy atom. The predicted molar refractivity (Wildman–Crippen MR) is 156 cm³/mol. The van der Waals surface area contributed by atoms with Crippen molar-refractivity contribution in [2.75, 3.05) is 56.2 Å². The monoisotopic (exact) mass is 500 g/mol. The lowest BCUT2D eigenvalue weighted by atomic mass is 10.1. The number of fused-ring (bicyclic) bond motifs is 2. The van der Waals surface area contributed by atoms with Crippen LogP contribution in [0.4, 0.5) is 11.4 Å². The Labute approximate surface area is 221 Å². The van der Waals surface area contributed by atoms with E-state index in [1.807, 2.05) is 13.8 Å². The van der Waals surface area contributed by atoms with Gasteiger partial charge < -0.3 is 20.3 Å². The molecule has 5 rings (SSSR count). The topological polar surface area (TPSA) is 70.2 Å². The van der Waals surface area contributed by atoms with Gasteiger partial charge in [-0.1, -0.05) is 18.2 Å². The average Bonchev–Trinajstić information content (AvgIpc) is 2.94. The van der Waals surface area contributed by atoms with Crippen molar-refractivity contribution >= 4 is 29.0 Å². The number of piperazine rings is 1. The van der Waals surface area contributed by atoms with Crippen LogP contribution in [-0.4, -0.2) is 69.0 Å². The zero-order chi connectivity index (χ0) is 26.4. The Bertz CT molecular complexity index is 1250. The molecule has 3 heterocycles. The Kier molecular flexibility index (Phi) is 8.79. The Morgan fingerprint density at radius 1 is 1.08 bits per heavy atom. The molecule has 37 heavy (non-hydrogen) atoms. The van der Waals surface area contributed by atoms with Crippen LogP contribution >= 0.6 is 0 Å². The summed E-state index contributed by atoms with van der Waals surface area (Å²) in [5, 5.41) is 1.24. The minimum Gasteiger partial charge on any atom is -0.489 e. The van der Waals surface area contributed by atoms with E-state index in [0.29, 0.717) is 6.61 Å². The van der Waals surface area contributed by atoms with E-state index >= 15 is 0 Å². The normalized spacial score (nSPS) is 18.1. The fourth-order valence-corrected chi connectivity index (χ4v) is 5.11. The van der Waals surface area contributed by atoms with Crippen LogP contribution in [0.3, 0.4) is 0 Å². The number of anilines is 2. The maximum atomic E-state index is 6.23. The molecule has 0 radical (unpaired) electrons. The Balaban J connectivity index is 0.00000156. The van der Waals surface area contributed by atoms with Crippen molar-refractivity contribution in [3.05, 3.63) is 71.7 Å². The van der Waals surface area contributed by atoms with Crippen molar-refractivity contribution in [2.24, 2.45) is 10.7 Å². The van der Waals surface area contributed by atoms with Crippen molar-refractivity contribution in [1.82, 2.24) is 9.88 Å². The van der Waals surface area contributed by atoms with Gasteiger partial charge in [0.1, 0.15) is 12.4 Å². The van der Waals surface area contributed by atoms with Crippen LogP contribution in [0.1, 0.15) is 25.1 Å². The fourth-order valence-electron chi connectivity index (χ4n) is 5.11. The molecular formula is C30H40N6O. The highest BCUT2D eigenvalue weighted by atomic mass is 16.5. The molecule has 0 aliphatic carbocycles. The maximum absolute atomic E-state index is 6.23. The van der Waals surface area contributed by atoms with Crippen molar-refractivity contribution in [2.45, 2.75) is 33.2 Å². The molecule has 0 spiro atoms. The molecule has 7 heteroatoms.